The molecule has 0 saturated carbocycles. The Bertz CT molecular complexity index is 1880. The monoisotopic (exact) mass is 696 g/mol. The van der Waals surface area contributed by atoms with Crippen molar-refractivity contribution < 1.29 is 39.6 Å². The molecule has 12 heteroatoms. The van der Waals surface area contributed by atoms with E-state index in [4.69, 9.17) is 0 Å². The number of anilines is 8. The molecule has 0 spiro atoms. The third kappa shape index (κ3) is 9.30. The zero-order valence-electron chi connectivity index (χ0n) is 27.3. The molecular weight excluding hydrogens is 664 g/mol. The Morgan fingerprint density at radius 3 is 0.635 bits per heavy atom. The van der Waals surface area contributed by atoms with E-state index in [1.165, 1.54) is 24.3 Å². The number of nitrogens with one attached hydrogen (secondary N) is 4. The average molecular weight is 697 g/mol. The van der Waals surface area contributed by atoms with Gasteiger partial charge in [0.05, 0.1) is 45.0 Å². The van der Waals surface area contributed by atoms with E-state index in [0.717, 1.165) is 0 Å². The maximum atomic E-state index is 11.7. The van der Waals surface area contributed by atoms with E-state index >= 15 is 0 Å². The van der Waals surface area contributed by atoms with Gasteiger partial charge in [0.25, 0.3) is 0 Å². The van der Waals surface area contributed by atoms with Crippen LogP contribution in [0.3, 0.4) is 0 Å². The summed E-state index contributed by atoms with van der Waals surface area (Å²) in [5.41, 5.74) is 3.36. The van der Waals surface area contributed by atoms with Crippen LogP contribution in [0.25, 0.3) is 0 Å². The number of carboxylic acids is 4. The molecule has 6 rings (SSSR count). The lowest BCUT2D eigenvalue weighted by molar-refractivity contribution is 0.0683. The number of carbonyl (C=O) groups is 4. The first kappa shape index (κ1) is 35.7. The molecule has 0 aliphatic carbocycles. The molecule has 260 valence electrons. The second-order valence-corrected chi connectivity index (χ2v) is 11.1. The molecule has 12 nitrogen and oxygen atoms in total. The molecule has 0 aliphatic rings. The molecule has 52 heavy (non-hydrogen) atoms. The van der Waals surface area contributed by atoms with Gasteiger partial charge in [-0.25, -0.2) is 19.2 Å². The standard InChI is InChI=1S/2C20H16N2O4/c2*23-19(24)15-12-18(22-14-9-5-2-6-10-14)16(20(25)26)11-17(15)21-13-7-3-1-4-8-13/h2*1-12,21-22H,(H,23,24)(H,25,26). The Hall–Kier alpha value is -7.60. The van der Waals surface area contributed by atoms with Gasteiger partial charge in [0.15, 0.2) is 0 Å². The summed E-state index contributed by atoms with van der Waals surface area (Å²) < 4.78 is 0. The van der Waals surface area contributed by atoms with Gasteiger partial charge in [0, 0.05) is 22.7 Å². The predicted octanol–water partition coefficient (Wildman–Crippen LogP) is 9.14. The summed E-state index contributed by atoms with van der Waals surface area (Å²) in [5.74, 6) is -4.62. The third-order valence-electron chi connectivity index (χ3n) is 7.45. The Labute approximate surface area is 297 Å². The maximum Gasteiger partial charge on any atom is 0.337 e. The largest absolute Gasteiger partial charge is 0.478 e. The molecule has 8 N–H and O–H groups in total. The molecule has 6 aromatic rings. The van der Waals surface area contributed by atoms with Crippen LogP contribution in [0.2, 0.25) is 0 Å². The van der Waals surface area contributed by atoms with Gasteiger partial charge < -0.3 is 41.7 Å². The zero-order valence-corrected chi connectivity index (χ0v) is 27.3. The molecule has 0 amide bonds. The molecule has 0 fully saturated rings. The average Bonchev–Trinajstić information content (AvgIpc) is 3.14. The summed E-state index contributed by atoms with van der Waals surface area (Å²) >= 11 is 0. The number of para-hydroxylation sites is 4. The Balaban J connectivity index is 0.000000201. The van der Waals surface area contributed by atoms with Gasteiger partial charge in [0.1, 0.15) is 0 Å². The van der Waals surface area contributed by atoms with Crippen molar-refractivity contribution in [3.63, 3.8) is 0 Å². The zero-order chi connectivity index (χ0) is 37.0. The van der Waals surface area contributed by atoms with Gasteiger partial charge in [-0.2, -0.15) is 0 Å². The highest BCUT2D eigenvalue weighted by Crippen LogP contribution is 2.32. The minimum atomic E-state index is -1.16. The highest BCUT2D eigenvalue weighted by atomic mass is 16.4. The minimum absolute atomic E-state index is 0.0303. The van der Waals surface area contributed by atoms with Crippen LogP contribution in [-0.4, -0.2) is 44.3 Å². The van der Waals surface area contributed by atoms with Crippen molar-refractivity contribution in [2.75, 3.05) is 21.3 Å². The molecule has 0 radical (unpaired) electrons. The van der Waals surface area contributed by atoms with Gasteiger partial charge in [-0.05, 0) is 72.8 Å². The van der Waals surface area contributed by atoms with E-state index in [0.29, 0.717) is 22.7 Å². The molecule has 0 aliphatic heterocycles. The quantitative estimate of drug-likeness (QED) is 0.0605. The molecule has 0 bridgehead atoms. The highest BCUT2D eigenvalue weighted by Gasteiger charge is 2.21. The molecule has 6 aromatic carbocycles. The van der Waals surface area contributed by atoms with Crippen molar-refractivity contribution in [2.24, 2.45) is 0 Å². The lowest BCUT2D eigenvalue weighted by Crippen LogP contribution is -2.09. The summed E-state index contributed by atoms with van der Waals surface area (Å²) in [4.78, 5) is 46.7. The van der Waals surface area contributed by atoms with Crippen LogP contribution in [0.4, 0.5) is 45.5 Å². The van der Waals surface area contributed by atoms with E-state index < -0.39 is 23.9 Å². The van der Waals surface area contributed by atoms with Gasteiger partial charge in [-0.3, -0.25) is 0 Å². The fourth-order valence-corrected chi connectivity index (χ4v) is 5.03. The fraction of sp³-hybridized carbons (Fsp3) is 0. The van der Waals surface area contributed by atoms with Crippen LogP contribution >= 0.6 is 0 Å². The van der Waals surface area contributed by atoms with Crippen molar-refractivity contribution in [3.8, 4) is 0 Å². The summed E-state index contributed by atoms with van der Waals surface area (Å²) in [5, 5.41) is 50.1. The fourth-order valence-electron chi connectivity index (χ4n) is 5.03. The Kier molecular flexibility index (Phi) is 11.4. The van der Waals surface area contributed by atoms with E-state index in [-0.39, 0.29) is 45.0 Å². The summed E-state index contributed by atoms with van der Waals surface area (Å²) in [6.45, 7) is 0. The van der Waals surface area contributed by atoms with E-state index in [1.54, 1.807) is 97.1 Å². The first-order chi connectivity index (χ1) is 25.1. The van der Waals surface area contributed by atoms with Crippen LogP contribution in [0.1, 0.15) is 41.4 Å². The van der Waals surface area contributed by atoms with Gasteiger partial charge in [-0.1, -0.05) is 72.8 Å². The van der Waals surface area contributed by atoms with Crippen molar-refractivity contribution >= 4 is 69.4 Å². The summed E-state index contributed by atoms with van der Waals surface area (Å²) in [6.07, 6.45) is 0. The van der Waals surface area contributed by atoms with Crippen molar-refractivity contribution in [1.82, 2.24) is 0 Å². The first-order valence-electron chi connectivity index (χ1n) is 15.7. The van der Waals surface area contributed by atoms with Crippen LogP contribution in [0.15, 0.2) is 146 Å². The molecular formula is C40H32N4O8. The van der Waals surface area contributed by atoms with Crippen LogP contribution < -0.4 is 21.3 Å². The van der Waals surface area contributed by atoms with Crippen molar-refractivity contribution in [1.29, 1.82) is 0 Å². The summed E-state index contributed by atoms with van der Waals surface area (Å²) in [6, 6.07) is 41.1. The Morgan fingerprint density at radius 1 is 0.308 bits per heavy atom. The highest BCUT2D eigenvalue weighted by molar-refractivity contribution is 6.04. The smallest absolute Gasteiger partial charge is 0.337 e. The van der Waals surface area contributed by atoms with Crippen LogP contribution in [-0.2, 0) is 0 Å². The second kappa shape index (κ2) is 16.7. The first-order valence-corrected chi connectivity index (χ1v) is 15.7. The van der Waals surface area contributed by atoms with E-state index in [2.05, 4.69) is 21.3 Å². The number of hydrogen-bond donors (Lipinski definition) is 8. The lowest BCUT2D eigenvalue weighted by Gasteiger charge is -2.15. The number of aromatic carboxylic acids is 4. The number of carboxylic acid groups (broad SMARTS) is 4. The normalized spacial score (nSPS) is 10.2. The SMILES string of the molecule is O=C(O)c1cc(Nc2ccccc2)c(C(=O)O)cc1Nc1ccccc1.O=C(O)c1cc(Nc2ccccc2)c(C(=O)O)cc1Nc1ccccc1. The van der Waals surface area contributed by atoms with Gasteiger partial charge >= 0.3 is 23.9 Å². The topological polar surface area (TPSA) is 197 Å². The van der Waals surface area contributed by atoms with E-state index in [9.17, 15) is 39.6 Å². The predicted molar refractivity (Wildman–Crippen MR) is 200 cm³/mol. The lowest BCUT2D eigenvalue weighted by atomic mass is 10.1. The minimum Gasteiger partial charge on any atom is -0.478 e. The maximum absolute atomic E-state index is 11.7. The van der Waals surface area contributed by atoms with Crippen LogP contribution in [0.5, 0.6) is 0 Å². The number of benzene rings is 6. The Morgan fingerprint density at radius 2 is 0.481 bits per heavy atom. The molecule has 0 aromatic heterocycles. The van der Waals surface area contributed by atoms with E-state index in [1.807, 2.05) is 24.3 Å². The van der Waals surface area contributed by atoms with Crippen LogP contribution in [0, 0.1) is 0 Å². The van der Waals surface area contributed by atoms with Crippen molar-refractivity contribution in [3.05, 3.63) is 168 Å². The van der Waals surface area contributed by atoms with Gasteiger partial charge in [-0.15, -0.1) is 0 Å². The van der Waals surface area contributed by atoms with Gasteiger partial charge in [0.2, 0.25) is 0 Å². The van der Waals surface area contributed by atoms with Crippen molar-refractivity contribution in [2.45, 2.75) is 0 Å². The second-order valence-electron chi connectivity index (χ2n) is 11.1. The number of hydrogen-bond acceptors (Lipinski definition) is 8. The molecule has 0 saturated heterocycles. The molecule has 0 heterocycles. The number of rotatable bonds is 12. The molecule has 0 atom stereocenters. The third-order valence-corrected chi connectivity index (χ3v) is 7.45. The summed E-state index contributed by atoms with van der Waals surface area (Å²) in [7, 11) is 0. The molecule has 0 unspecified atom stereocenters.